The summed E-state index contributed by atoms with van der Waals surface area (Å²) in [6.07, 6.45) is 0. The quantitative estimate of drug-likeness (QED) is 0.502. The van der Waals surface area contributed by atoms with Gasteiger partial charge < -0.3 is 9.30 Å². The summed E-state index contributed by atoms with van der Waals surface area (Å²) < 4.78 is 7.10. The van der Waals surface area contributed by atoms with Gasteiger partial charge in [0, 0.05) is 34.9 Å². The van der Waals surface area contributed by atoms with E-state index in [-0.39, 0.29) is 18.1 Å². The van der Waals surface area contributed by atoms with Crippen molar-refractivity contribution in [3.63, 3.8) is 0 Å². The van der Waals surface area contributed by atoms with Crippen molar-refractivity contribution in [2.24, 2.45) is 7.05 Å². The maximum Gasteiger partial charge on any atom is 0.358 e. The highest BCUT2D eigenvalue weighted by atomic mass is 32.1. The van der Waals surface area contributed by atoms with Gasteiger partial charge in [0.25, 0.3) is 0 Å². The first-order valence-corrected chi connectivity index (χ1v) is 9.10. The Balaban J connectivity index is 1.66. The molecule has 0 spiro atoms. The molecule has 0 unspecified atom stereocenters. The Morgan fingerprint density at radius 1 is 1.15 bits per heavy atom. The molecule has 2 aromatic heterocycles. The molecule has 0 saturated carbocycles. The maximum absolute atomic E-state index is 12.3. The number of hydrogen-bond donors (Lipinski definition) is 0. The summed E-state index contributed by atoms with van der Waals surface area (Å²) in [5, 5.41) is 2.40. The van der Waals surface area contributed by atoms with Crippen LogP contribution in [0.25, 0.3) is 10.6 Å². The Bertz CT molecular complexity index is 968. The first-order chi connectivity index (χ1) is 12.4. The molecule has 6 heteroatoms. The Labute approximate surface area is 156 Å². The summed E-state index contributed by atoms with van der Waals surface area (Å²) in [7, 11) is 1.90. The highest BCUT2D eigenvalue weighted by molar-refractivity contribution is 7.13. The average Bonchev–Trinajstić information content (AvgIpc) is 3.21. The Morgan fingerprint density at radius 3 is 2.46 bits per heavy atom. The van der Waals surface area contributed by atoms with Crippen LogP contribution in [0.15, 0.2) is 35.7 Å². The average molecular weight is 368 g/mol. The lowest BCUT2D eigenvalue weighted by molar-refractivity contribution is 0.0469. The predicted octanol–water partition coefficient (Wildman–Crippen LogP) is 4.11. The number of thiazole rings is 1. The minimum Gasteiger partial charge on any atom is -0.453 e. The summed E-state index contributed by atoms with van der Waals surface area (Å²) in [5.41, 5.74) is 4.76. The number of carbonyl (C=O) groups is 2. The molecule has 0 aliphatic rings. The van der Waals surface area contributed by atoms with Crippen molar-refractivity contribution < 1.29 is 14.3 Å². The van der Waals surface area contributed by atoms with Gasteiger partial charge in [-0.25, -0.2) is 9.78 Å². The standard InChI is InChI=1S/C20H20N2O3S/c1-12-5-7-15(8-6-12)19-21-17(11-26-19)20(24)25-10-18(23)16-9-13(2)22(4)14(16)3/h5-9,11H,10H2,1-4H3. The molecule has 3 rings (SSSR count). The lowest BCUT2D eigenvalue weighted by Gasteiger charge is -2.03. The van der Waals surface area contributed by atoms with Crippen LogP contribution in [0.4, 0.5) is 0 Å². The summed E-state index contributed by atoms with van der Waals surface area (Å²) in [4.78, 5) is 28.8. The normalized spacial score (nSPS) is 10.8. The van der Waals surface area contributed by atoms with E-state index in [1.54, 1.807) is 5.38 Å². The van der Waals surface area contributed by atoms with Crippen LogP contribution >= 0.6 is 11.3 Å². The van der Waals surface area contributed by atoms with E-state index >= 15 is 0 Å². The van der Waals surface area contributed by atoms with Gasteiger partial charge in [-0.05, 0) is 26.8 Å². The van der Waals surface area contributed by atoms with Gasteiger partial charge >= 0.3 is 5.97 Å². The third-order valence-electron chi connectivity index (χ3n) is 4.42. The van der Waals surface area contributed by atoms with Crippen LogP contribution in [0.1, 0.15) is 37.8 Å². The van der Waals surface area contributed by atoms with Gasteiger partial charge in [-0.15, -0.1) is 11.3 Å². The van der Waals surface area contributed by atoms with Crippen LogP contribution in [0.3, 0.4) is 0 Å². The zero-order valence-corrected chi connectivity index (χ0v) is 16.0. The molecule has 0 amide bonds. The van der Waals surface area contributed by atoms with Crippen LogP contribution in [0, 0.1) is 20.8 Å². The Hall–Kier alpha value is -2.73. The van der Waals surface area contributed by atoms with Crippen LogP contribution < -0.4 is 0 Å². The molecule has 0 atom stereocenters. The Morgan fingerprint density at radius 2 is 1.85 bits per heavy atom. The summed E-state index contributed by atoms with van der Waals surface area (Å²) >= 11 is 1.37. The van der Waals surface area contributed by atoms with Crippen molar-refractivity contribution in [3.05, 3.63) is 63.9 Å². The van der Waals surface area contributed by atoms with Gasteiger partial charge in [0.15, 0.2) is 12.3 Å². The number of hydrogen-bond acceptors (Lipinski definition) is 5. The fourth-order valence-electron chi connectivity index (χ4n) is 2.62. The van der Waals surface area contributed by atoms with E-state index in [0.717, 1.165) is 27.5 Å². The second-order valence-corrected chi connectivity index (χ2v) is 7.11. The predicted molar refractivity (Wildman–Crippen MR) is 102 cm³/mol. The highest BCUT2D eigenvalue weighted by Gasteiger charge is 2.18. The lowest BCUT2D eigenvalue weighted by Crippen LogP contribution is -2.15. The van der Waals surface area contributed by atoms with Gasteiger partial charge in [-0.2, -0.15) is 0 Å². The molecular formula is C20H20N2O3S. The van der Waals surface area contributed by atoms with E-state index in [9.17, 15) is 9.59 Å². The summed E-state index contributed by atoms with van der Waals surface area (Å²) in [6, 6.07) is 9.74. The maximum atomic E-state index is 12.3. The molecule has 0 aliphatic carbocycles. The van der Waals surface area contributed by atoms with Crippen LogP contribution in [-0.2, 0) is 11.8 Å². The van der Waals surface area contributed by atoms with Crippen molar-refractivity contribution in [3.8, 4) is 10.6 Å². The second-order valence-electron chi connectivity index (χ2n) is 6.25. The van der Waals surface area contributed by atoms with Crippen LogP contribution in [0.2, 0.25) is 0 Å². The molecule has 0 fully saturated rings. The number of aryl methyl sites for hydroxylation is 2. The fourth-order valence-corrected chi connectivity index (χ4v) is 3.41. The number of esters is 1. The third-order valence-corrected chi connectivity index (χ3v) is 5.31. The lowest BCUT2D eigenvalue weighted by atomic mass is 10.1. The molecule has 0 radical (unpaired) electrons. The van der Waals surface area contributed by atoms with Crippen molar-refractivity contribution in [2.75, 3.05) is 6.61 Å². The number of benzene rings is 1. The van der Waals surface area contributed by atoms with E-state index in [2.05, 4.69) is 4.98 Å². The number of carbonyl (C=O) groups excluding carboxylic acids is 2. The first kappa shape index (κ1) is 18.1. The summed E-state index contributed by atoms with van der Waals surface area (Å²) in [5.74, 6) is -0.799. The largest absolute Gasteiger partial charge is 0.453 e. The van der Waals surface area contributed by atoms with Crippen molar-refractivity contribution in [1.29, 1.82) is 0 Å². The smallest absolute Gasteiger partial charge is 0.358 e. The van der Waals surface area contributed by atoms with Crippen LogP contribution in [0.5, 0.6) is 0 Å². The van der Waals surface area contributed by atoms with Gasteiger partial charge in [0.1, 0.15) is 5.01 Å². The number of Topliss-reactive ketones (excluding diaryl/α,β-unsaturated/α-hetero) is 1. The molecule has 1 aromatic carbocycles. The number of ketones is 1. The van der Waals surface area contributed by atoms with Gasteiger partial charge in [0.05, 0.1) is 0 Å². The van der Waals surface area contributed by atoms with Crippen molar-refractivity contribution >= 4 is 23.1 Å². The molecule has 2 heterocycles. The molecule has 0 bridgehead atoms. The van der Waals surface area contributed by atoms with Gasteiger partial charge in [-0.3, -0.25) is 4.79 Å². The number of ether oxygens (including phenoxy) is 1. The number of aromatic nitrogens is 2. The van der Waals surface area contributed by atoms with E-state index in [4.69, 9.17) is 4.74 Å². The molecule has 134 valence electrons. The molecule has 0 N–H and O–H groups in total. The van der Waals surface area contributed by atoms with Crippen molar-refractivity contribution in [2.45, 2.75) is 20.8 Å². The summed E-state index contributed by atoms with van der Waals surface area (Å²) in [6.45, 7) is 5.52. The van der Waals surface area contributed by atoms with Gasteiger partial charge in [-0.1, -0.05) is 29.8 Å². The minimum atomic E-state index is -0.585. The van der Waals surface area contributed by atoms with E-state index < -0.39 is 5.97 Å². The topological polar surface area (TPSA) is 61.2 Å². The zero-order chi connectivity index (χ0) is 18.8. The zero-order valence-electron chi connectivity index (χ0n) is 15.2. The van der Waals surface area contributed by atoms with Gasteiger partial charge in [0.2, 0.25) is 5.78 Å². The third kappa shape index (κ3) is 3.60. The molecular weight excluding hydrogens is 348 g/mol. The van der Waals surface area contributed by atoms with E-state index in [1.165, 1.54) is 11.3 Å². The molecule has 26 heavy (non-hydrogen) atoms. The van der Waals surface area contributed by atoms with Crippen molar-refractivity contribution in [1.82, 2.24) is 9.55 Å². The number of nitrogens with zero attached hydrogens (tertiary/aromatic N) is 2. The Kier molecular flexibility index (Phi) is 5.04. The highest BCUT2D eigenvalue weighted by Crippen LogP contribution is 2.24. The molecule has 5 nitrogen and oxygen atoms in total. The fraction of sp³-hybridized carbons (Fsp3) is 0.250. The van der Waals surface area contributed by atoms with E-state index in [1.807, 2.05) is 62.7 Å². The monoisotopic (exact) mass is 368 g/mol. The molecule has 3 aromatic rings. The second kappa shape index (κ2) is 7.25. The van der Waals surface area contributed by atoms with Crippen LogP contribution in [-0.4, -0.2) is 27.9 Å². The van der Waals surface area contributed by atoms with E-state index in [0.29, 0.717) is 5.56 Å². The first-order valence-electron chi connectivity index (χ1n) is 8.22. The molecule has 0 saturated heterocycles. The molecule has 0 aliphatic heterocycles. The number of rotatable bonds is 5. The SMILES string of the molecule is Cc1ccc(-c2nc(C(=O)OCC(=O)c3cc(C)n(C)c3C)cs2)cc1. The minimum absolute atomic E-state index is 0.214.